The molecule has 0 saturated carbocycles. The van der Waals surface area contributed by atoms with E-state index in [2.05, 4.69) is 10.3 Å². The van der Waals surface area contributed by atoms with Crippen LogP contribution >= 0.6 is 0 Å². The summed E-state index contributed by atoms with van der Waals surface area (Å²) in [6, 6.07) is 5.37. The van der Waals surface area contributed by atoms with Crippen LogP contribution in [0.2, 0.25) is 0 Å². The highest BCUT2D eigenvalue weighted by molar-refractivity contribution is 6.06. The Morgan fingerprint density at radius 2 is 1.85 bits per heavy atom. The minimum Gasteiger partial charge on any atom is -0.491 e. The maximum Gasteiger partial charge on any atom is 0.303 e. The number of hydrogen-bond acceptors (Lipinski definition) is 8. The molecule has 222 valence electrons. The number of ketones is 1. The number of pyridine rings is 1. The molecule has 0 aliphatic carbocycles. The Hall–Kier alpha value is -4.15. The molecule has 0 spiro atoms. The molecule has 0 radical (unpaired) electrons. The molecule has 11 heteroatoms. The number of ether oxygens (including phenoxy) is 2. The van der Waals surface area contributed by atoms with Gasteiger partial charge in [0.15, 0.2) is 17.2 Å². The number of hydrogen-bond donors (Lipinski definition) is 3. The van der Waals surface area contributed by atoms with Gasteiger partial charge in [-0.25, -0.2) is 4.98 Å². The summed E-state index contributed by atoms with van der Waals surface area (Å²) in [5.41, 5.74) is 2.94. The number of aromatic nitrogens is 1. The quantitative estimate of drug-likeness (QED) is 0.243. The second-order valence-electron chi connectivity index (χ2n) is 11.2. The molecule has 1 aliphatic rings. The summed E-state index contributed by atoms with van der Waals surface area (Å²) in [7, 11) is 5.27. The van der Waals surface area contributed by atoms with Crippen molar-refractivity contribution in [1.82, 2.24) is 15.2 Å². The van der Waals surface area contributed by atoms with E-state index in [1.165, 1.54) is 7.05 Å². The molecule has 41 heavy (non-hydrogen) atoms. The summed E-state index contributed by atoms with van der Waals surface area (Å²) in [4.78, 5) is 44.8. The minimum atomic E-state index is -0.830. The van der Waals surface area contributed by atoms with E-state index in [0.29, 0.717) is 55.4 Å². The van der Waals surface area contributed by atoms with Crippen molar-refractivity contribution in [1.29, 1.82) is 5.41 Å². The zero-order valence-electron chi connectivity index (χ0n) is 25.0. The van der Waals surface area contributed by atoms with Crippen molar-refractivity contribution in [2.75, 3.05) is 45.8 Å². The number of fused-ring (bicyclic) bond motifs is 1. The van der Waals surface area contributed by atoms with Crippen molar-refractivity contribution >= 4 is 29.2 Å². The first kappa shape index (κ1) is 31.4. The maximum absolute atomic E-state index is 13.7. The largest absolute Gasteiger partial charge is 0.491 e. The molecular weight excluding hydrogens is 526 g/mol. The molecule has 0 saturated heterocycles. The van der Waals surface area contributed by atoms with Gasteiger partial charge in [0.1, 0.15) is 17.3 Å². The standard InChI is InChI=1S/C30H41N5O6/c1-8-40-23-15-19-16-35(28(31)25(19)33-26(23)29(39)32-5)17-22(36)18-13-20(30(2,3)4)27(21(14-18)34(6)7)41-12-10-9-11-24(37)38/h13-15,31H,8-12,16-17H2,1-7H3,(H,32,39)(H,37,38). The number of unbranched alkanes of at least 4 members (excludes halogenated alkanes) is 1. The van der Waals surface area contributed by atoms with Crippen LogP contribution in [0.4, 0.5) is 5.69 Å². The topological polar surface area (TPSA) is 145 Å². The molecule has 2 aromatic rings. The zero-order valence-corrected chi connectivity index (χ0v) is 25.0. The molecule has 0 fully saturated rings. The number of amides is 1. The first-order valence-electron chi connectivity index (χ1n) is 13.7. The Morgan fingerprint density at radius 1 is 1.15 bits per heavy atom. The average Bonchev–Trinajstić information content (AvgIpc) is 3.20. The van der Waals surface area contributed by atoms with Crippen LogP contribution in [0.15, 0.2) is 18.2 Å². The Bertz CT molecular complexity index is 1330. The third-order valence-corrected chi connectivity index (χ3v) is 6.76. The van der Waals surface area contributed by atoms with E-state index in [-0.39, 0.29) is 35.7 Å². The summed E-state index contributed by atoms with van der Waals surface area (Å²) in [6.45, 7) is 8.94. The lowest BCUT2D eigenvalue weighted by Gasteiger charge is -2.28. The van der Waals surface area contributed by atoms with E-state index in [1.807, 2.05) is 52.8 Å². The molecule has 3 N–H and O–H groups in total. The minimum absolute atomic E-state index is 0.0414. The van der Waals surface area contributed by atoms with E-state index < -0.39 is 11.9 Å². The van der Waals surface area contributed by atoms with Crippen LogP contribution in [-0.2, 0) is 16.8 Å². The van der Waals surface area contributed by atoms with Crippen molar-refractivity contribution in [3.8, 4) is 11.5 Å². The van der Waals surface area contributed by atoms with Gasteiger partial charge in [-0.1, -0.05) is 20.8 Å². The molecule has 0 atom stereocenters. The lowest BCUT2D eigenvalue weighted by Crippen LogP contribution is -2.31. The monoisotopic (exact) mass is 567 g/mol. The number of amidine groups is 1. The lowest BCUT2D eigenvalue weighted by atomic mass is 9.84. The summed E-state index contributed by atoms with van der Waals surface area (Å²) in [5.74, 6) is -0.314. The number of benzene rings is 1. The molecule has 1 aromatic heterocycles. The molecule has 0 unspecified atom stereocenters. The van der Waals surface area contributed by atoms with Crippen LogP contribution in [0, 0.1) is 5.41 Å². The fourth-order valence-electron chi connectivity index (χ4n) is 4.61. The van der Waals surface area contributed by atoms with E-state index >= 15 is 0 Å². The Balaban J connectivity index is 1.89. The first-order chi connectivity index (χ1) is 19.3. The predicted molar refractivity (Wildman–Crippen MR) is 157 cm³/mol. The van der Waals surface area contributed by atoms with E-state index in [9.17, 15) is 14.4 Å². The Morgan fingerprint density at radius 3 is 2.44 bits per heavy atom. The number of rotatable bonds is 13. The highest BCUT2D eigenvalue weighted by Crippen LogP contribution is 2.40. The zero-order chi connectivity index (χ0) is 30.5. The SMILES string of the molecule is CCOc1cc2c(nc1C(=O)NC)C(=N)N(CC(=O)c1cc(N(C)C)c(OCCCCC(=O)O)c(C(C)(C)C)c1)C2. The smallest absolute Gasteiger partial charge is 0.303 e. The van der Waals surface area contributed by atoms with Crippen molar-refractivity contribution in [2.24, 2.45) is 0 Å². The molecule has 2 heterocycles. The molecular formula is C30H41N5O6. The normalized spacial score (nSPS) is 12.7. The number of anilines is 1. The number of nitrogens with one attached hydrogen (secondary N) is 2. The van der Waals surface area contributed by atoms with E-state index in [1.54, 1.807) is 17.0 Å². The van der Waals surface area contributed by atoms with Gasteiger partial charge in [-0.2, -0.15) is 0 Å². The van der Waals surface area contributed by atoms with Crippen LogP contribution in [-0.4, -0.2) is 79.4 Å². The van der Waals surface area contributed by atoms with Crippen molar-refractivity contribution < 1.29 is 29.0 Å². The molecule has 1 aromatic carbocycles. The van der Waals surface area contributed by atoms with Gasteiger partial charge < -0.3 is 29.7 Å². The number of carbonyl (C=O) groups is 3. The summed E-state index contributed by atoms with van der Waals surface area (Å²) in [5, 5.41) is 20.2. The van der Waals surface area contributed by atoms with Gasteiger partial charge >= 0.3 is 5.97 Å². The number of nitrogens with zero attached hydrogens (tertiary/aromatic N) is 3. The number of carboxylic acids is 1. The van der Waals surface area contributed by atoms with Crippen LogP contribution < -0.4 is 19.7 Å². The molecule has 3 rings (SSSR count). The lowest BCUT2D eigenvalue weighted by molar-refractivity contribution is -0.137. The van der Waals surface area contributed by atoms with E-state index in [0.717, 1.165) is 16.8 Å². The van der Waals surface area contributed by atoms with Gasteiger partial charge in [0.2, 0.25) is 0 Å². The molecule has 1 aliphatic heterocycles. The van der Waals surface area contributed by atoms with Crippen LogP contribution in [0.25, 0.3) is 0 Å². The van der Waals surface area contributed by atoms with Gasteiger partial charge in [0.25, 0.3) is 5.91 Å². The highest BCUT2D eigenvalue weighted by atomic mass is 16.5. The number of aliphatic carboxylic acids is 1. The number of Topliss-reactive ketones (excluding diaryl/α,β-unsaturated/α-hetero) is 1. The third-order valence-electron chi connectivity index (χ3n) is 6.76. The van der Waals surface area contributed by atoms with Gasteiger partial charge in [-0.15, -0.1) is 0 Å². The Labute approximate surface area is 241 Å². The van der Waals surface area contributed by atoms with Crippen molar-refractivity contribution in [3.05, 3.63) is 46.3 Å². The molecule has 0 bridgehead atoms. The maximum atomic E-state index is 13.7. The van der Waals surface area contributed by atoms with Crippen LogP contribution in [0.1, 0.15) is 84.6 Å². The highest BCUT2D eigenvalue weighted by Gasteiger charge is 2.32. The van der Waals surface area contributed by atoms with Gasteiger partial charge in [0, 0.05) is 50.8 Å². The van der Waals surface area contributed by atoms with Crippen LogP contribution in [0.5, 0.6) is 11.5 Å². The van der Waals surface area contributed by atoms with Gasteiger partial charge in [0.05, 0.1) is 25.4 Å². The van der Waals surface area contributed by atoms with Crippen LogP contribution in [0.3, 0.4) is 0 Å². The van der Waals surface area contributed by atoms with Gasteiger partial charge in [-0.05, 0) is 43.4 Å². The molecule has 11 nitrogen and oxygen atoms in total. The predicted octanol–water partition coefficient (Wildman–Crippen LogP) is 3.86. The fraction of sp³-hybridized carbons (Fsp3) is 0.500. The molecule has 1 amide bonds. The Kier molecular flexibility index (Phi) is 9.96. The number of carbonyl (C=O) groups excluding carboxylic acids is 2. The summed E-state index contributed by atoms with van der Waals surface area (Å²) < 4.78 is 11.8. The second-order valence-corrected chi connectivity index (χ2v) is 11.2. The average molecular weight is 568 g/mol. The fourth-order valence-corrected chi connectivity index (χ4v) is 4.61. The number of carboxylic acid groups (broad SMARTS) is 1. The summed E-state index contributed by atoms with van der Waals surface area (Å²) in [6.07, 6.45) is 1.21. The van der Waals surface area contributed by atoms with Gasteiger partial charge in [-0.3, -0.25) is 19.8 Å². The van der Waals surface area contributed by atoms with Crippen molar-refractivity contribution in [2.45, 2.75) is 58.9 Å². The van der Waals surface area contributed by atoms with Crippen molar-refractivity contribution in [3.63, 3.8) is 0 Å². The third kappa shape index (κ3) is 7.33. The first-order valence-corrected chi connectivity index (χ1v) is 13.7. The summed E-state index contributed by atoms with van der Waals surface area (Å²) >= 11 is 0. The second kappa shape index (κ2) is 13.0. The van der Waals surface area contributed by atoms with E-state index in [4.69, 9.17) is 20.0 Å².